The molecule has 0 aliphatic rings. The molecule has 0 amide bonds. The van der Waals surface area contributed by atoms with Crippen LogP contribution in [-0.4, -0.2) is 13.2 Å². The van der Waals surface area contributed by atoms with Gasteiger partial charge in [-0.15, -0.1) is 0 Å². The van der Waals surface area contributed by atoms with E-state index in [4.69, 9.17) is 4.74 Å². The fourth-order valence-corrected chi connectivity index (χ4v) is 2.92. The van der Waals surface area contributed by atoms with Crippen LogP contribution in [0.1, 0.15) is 47.9 Å². The van der Waals surface area contributed by atoms with Crippen LogP contribution in [0.3, 0.4) is 0 Å². The molecule has 0 saturated carbocycles. The standard InChI is InChI=1S/C22H30O/c1-19-11-3-5-13-21(19)15-7-9-17-23-18-10-8-16-22-14-6-4-12-20(22)2/h3-6,11-14H,7-10,15-18H2,1-2H3. The lowest BCUT2D eigenvalue weighted by Crippen LogP contribution is -1.99. The highest BCUT2D eigenvalue weighted by Gasteiger charge is 1.99. The molecule has 0 aliphatic carbocycles. The Balaban J connectivity index is 1.47. The van der Waals surface area contributed by atoms with Crippen molar-refractivity contribution in [3.05, 3.63) is 70.8 Å². The van der Waals surface area contributed by atoms with Crippen LogP contribution in [0.15, 0.2) is 48.5 Å². The zero-order chi connectivity index (χ0) is 16.3. The normalized spacial score (nSPS) is 10.9. The molecular weight excluding hydrogens is 280 g/mol. The van der Waals surface area contributed by atoms with Crippen molar-refractivity contribution < 1.29 is 4.74 Å². The van der Waals surface area contributed by atoms with E-state index in [1.54, 1.807) is 0 Å². The summed E-state index contributed by atoms with van der Waals surface area (Å²) in [5.41, 5.74) is 5.77. The third-order valence-electron chi connectivity index (χ3n) is 4.49. The molecule has 0 bridgehead atoms. The van der Waals surface area contributed by atoms with E-state index in [1.807, 2.05) is 0 Å². The minimum Gasteiger partial charge on any atom is -0.381 e. The van der Waals surface area contributed by atoms with Crippen LogP contribution in [0.5, 0.6) is 0 Å². The molecule has 2 aromatic carbocycles. The molecule has 124 valence electrons. The van der Waals surface area contributed by atoms with Gasteiger partial charge in [0.25, 0.3) is 0 Å². The SMILES string of the molecule is Cc1ccccc1CCCCOCCCCc1ccccc1C. The molecule has 1 nitrogen and oxygen atoms in total. The van der Waals surface area contributed by atoms with Crippen molar-refractivity contribution in [1.29, 1.82) is 0 Å². The number of unbranched alkanes of at least 4 members (excludes halogenated alkanes) is 2. The molecule has 0 atom stereocenters. The summed E-state index contributed by atoms with van der Waals surface area (Å²) < 4.78 is 5.77. The molecule has 0 aliphatic heterocycles. The number of aryl methyl sites for hydroxylation is 4. The highest BCUT2D eigenvalue weighted by Crippen LogP contribution is 2.12. The minimum atomic E-state index is 0.899. The highest BCUT2D eigenvalue weighted by atomic mass is 16.5. The summed E-state index contributed by atoms with van der Waals surface area (Å²) in [6.45, 7) is 6.19. The van der Waals surface area contributed by atoms with Crippen molar-refractivity contribution in [3.8, 4) is 0 Å². The van der Waals surface area contributed by atoms with Crippen molar-refractivity contribution in [2.45, 2.75) is 52.4 Å². The zero-order valence-corrected chi connectivity index (χ0v) is 14.7. The van der Waals surface area contributed by atoms with Gasteiger partial charge in [-0.05, 0) is 74.6 Å². The highest BCUT2D eigenvalue weighted by molar-refractivity contribution is 5.26. The maximum atomic E-state index is 5.77. The Morgan fingerprint density at radius 1 is 0.609 bits per heavy atom. The zero-order valence-electron chi connectivity index (χ0n) is 14.7. The van der Waals surface area contributed by atoms with Gasteiger partial charge >= 0.3 is 0 Å². The van der Waals surface area contributed by atoms with E-state index in [0.717, 1.165) is 26.1 Å². The molecule has 0 aromatic heterocycles. The quantitative estimate of drug-likeness (QED) is 0.514. The van der Waals surface area contributed by atoms with Crippen molar-refractivity contribution in [2.75, 3.05) is 13.2 Å². The topological polar surface area (TPSA) is 9.23 Å². The Kier molecular flexibility index (Phi) is 7.89. The van der Waals surface area contributed by atoms with Gasteiger partial charge in [0.1, 0.15) is 0 Å². The van der Waals surface area contributed by atoms with Crippen LogP contribution in [0, 0.1) is 13.8 Å². The minimum absolute atomic E-state index is 0.899. The van der Waals surface area contributed by atoms with E-state index >= 15 is 0 Å². The first-order valence-corrected chi connectivity index (χ1v) is 8.94. The predicted molar refractivity (Wildman–Crippen MR) is 99.1 cm³/mol. The number of hydrogen-bond donors (Lipinski definition) is 0. The molecule has 0 saturated heterocycles. The molecule has 0 N–H and O–H groups in total. The van der Waals surface area contributed by atoms with E-state index in [0.29, 0.717) is 0 Å². The van der Waals surface area contributed by atoms with Crippen molar-refractivity contribution in [2.24, 2.45) is 0 Å². The molecule has 1 heteroatoms. The fraction of sp³-hybridized carbons (Fsp3) is 0.455. The monoisotopic (exact) mass is 310 g/mol. The predicted octanol–water partition coefficient (Wildman–Crippen LogP) is 5.67. The lowest BCUT2D eigenvalue weighted by molar-refractivity contribution is 0.127. The van der Waals surface area contributed by atoms with E-state index in [-0.39, 0.29) is 0 Å². The van der Waals surface area contributed by atoms with E-state index in [1.165, 1.54) is 47.9 Å². The summed E-state index contributed by atoms with van der Waals surface area (Å²) in [4.78, 5) is 0. The molecular formula is C22H30O. The van der Waals surface area contributed by atoms with Crippen molar-refractivity contribution >= 4 is 0 Å². The summed E-state index contributed by atoms with van der Waals surface area (Å²) in [7, 11) is 0. The van der Waals surface area contributed by atoms with E-state index < -0.39 is 0 Å². The van der Waals surface area contributed by atoms with Crippen LogP contribution < -0.4 is 0 Å². The van der Waals surface area contributed by atoms with Gasteiger partial charge in [0.15, 0.2) is 0 Å². The molecule has 0 radical (unpaired) electrons. The lowest BCUT2D eigenvalue weighted by Gasteiger charge is -2.07. The summed E-state index contributed by atoms with van der Waals surface area (Å²) >= 11 is 0. The number of rotatable bonds is 10. The summed E-state index contributed by atoms with van der Waals surface area (Å²) in [6.07, 6.45) is 7.09. The summed E-state index contributed by atoms with van der Waals surface area (Å²) in [5.74, 6) is 0. The van der Waals surface area contributed by atoms with Gasteiger partial charge in [0, 0.05) is 13.2 Å². The fourth-order valence-electron chi connectivity index (χ4n) is 2.92. The molecule has 0 unspecified atom stereocenters. The molecule has 0 heterocycles. The first-order valence-electron chi connectivity index (χ1n) is 8.94. The third kappa shape index (κ3) is 6.58. The maximum absolute atomic E-state index is 5.77. The number of benzene rings is 2. The maximum Gasteiger partial charge on any atom is 0.0466 e. The van der Waals surface area contributed by atoms with Crippen LogP contribution in [0.2, 0.25) is 0 Å². The molecule has 0 spiro atoms. The Morgan fingerprint density at radius 3 is 1.48 bits per heavy atom. The molecule has 23 heavy (non-hydrogen) atoms. The summed E-state index contributed by atoms with van der Waals surface area (Å²) in [6, 6.07) is 17.3. The van der Waals surface area contributed by atoms with Crippen molar-refractivity contribution in [3.63, 3.8) is 0 Å². The summed E-state index contributed by atoms with van der Waals surface area (Å²) in [5, 5.41) is 0. The molecule has 2 rings (SSSR count). The van der Waals surface area contributed by atoms with Crippen LogP contribution in [0.4, 0.5) is 0 Å². The Bertz CT molecular complexity index is 522. The third-order valence-corrected chi connectivity index (χ3v) is 4.49. The second-order valence-electron chi connectivity index (χ2n) is 6.38. The Morgan fingerprint density at radius 2 is 1.04 bits per heavy atom. The first kappa shape index (κ1) is 17.7. The second-order valence-corrected chi connectivity index (χ2v) is 6.38. The number of hydrogen-bond acceptors (Lipinski definition) is 1. The largest absolute Gasteiger partial charge is 0.381 e. The molecule has 0 fully saturated rings. The van der Waals surface area contributed by atoms with E-state index in [9.17, 15) is 0 Å². The van der Waals surface area contributed by atoms with Gasteiger partial charge in [0.05, 0.1) is 0 Å². The van der Waals surface area contributed by atoms with Gasteiger partial charge in [-0.2, -0.15) is 0 Å². The first-order chi connectivity index (χ1) is 11.3. The van der Waals surface area contributed by atoms with E-state index in [2.05, 4.69) is 62.4 Å². The van der Waals surface area contributed by atoms with Gasteiger partial charge < -0.3 is 4.74 Å². The number of ether oxygens (including phenoxy) is 1. The smallest absolute Gasteiger partial charge is 0.0466 e. The van der Waals surface area contributed by atoms with Gasteiger partial charge in [0.2, 0.25) is 0 Å². The second kappa shape index (κ2) is 10.2. The average molecular weight is 310 g/mol. The van der Waals surface area contributed by atoms with Gasteiger partial charge in [-0.25, -0.2) is 0 Å². The van der Waals surface area contributed by atoms with Gasteiger partial charge in [-0.1, -0.05) is 48.5 Å². The van der Waals surface area contributed by atoms with Crippen LogP contribution in [0.25, 0.3) is 0 Å². The lowest BCUT2D eigenvalue weighted by atomic mass is 10.0. The Labute approximate surface area is 141 Å². The van der Waals surface area contributed by atoms with Crippen molar-refractivity contribution in [1.82, 2.24) is 0 Å². The molecule has 2 aromatic rings. The van der Waals surface area contributed by atoms with Crippen LogP contribution in [-0.2, 0) is 17.6 Å². The van der Waals surface area contributed by atoms with Crippen LogP contribution >= 0.6 is 0 Å². The van der Waals surface area contributed by atoms with Gasteiger partial charge in [-0.3, -0.25) is 0 Å². The Hall–Kier alpha value is -1.60. The average Bonchev–Trinajstić information content (AvgIpc) is 2.56.